The molecule has 6 nitrogen and oxygen atoms in total. The summed E-state index contributed by atoms with van der Waals surface area (Å²) in [6, 6.07) is 13.1. The lowest BCUT2D eigenvalue weighted by Gasteiger charge is -2.41. The number of thioether (sulfide) groups is 1. The van der Waals surface area contributed by atoms with Crippen molar-refractivity contribution in [3.63, 3.8) is 0 Å². The Morgan fingerprint density at radius 3 is 2.73 bits per heavy atom. The van der Waals surface area contributed by atoms with Crippen molar-refractivity contribution in [3.8, 4) is 5.75 Å². The third-order valence-electron chi connectivity index (χ3n) is 5.36. The molecule has 1 atom stereocenters. The van der Waals surface area contributed by atoms with Gasteiger partial charge in [0.1, 0.15) is 10.8 Å². The Morgan fingerprint density at radius 1 is 1.20 bits per heavy atom. The van der Waals surface area contributed by atoms with Crippen molar-refractivity contribution in [2.24, 2.45) is 5.41 Å². The summed E-state index contributed by atoms with van der Waals surface area (Å²) in [4.78, 5) is 32.3. The van der Waals surface area contributed by atoms with E-state index in [-0.39, 0.29) is 11.9 Å². The van der Waals surface area contributed by atoms with Crippen LogP contribution < -0.4 is 4.74 Å². The quantitative estimate of drug-likeness (QED) is 0.467. The third-order valence-corrected chi connectivity index (χ3v) is 6.07. The molecule has 7 heteroatoms. The second kappa shape index (κ2) is 10.5. The molecule has 3 rings (SSSR count). The van der Waals surface area contributed by atoms with Crippen LogP contribution in [0.1, 0.15) is 36.5 Å². The molecule has 0 N–H and O–H groups in total. The lowest BCUT2D eigenvalue weighted by molar-refractivity contribution is -0.159. The topological polar surface area (TPSA) is 68.7 Å². The van der Waals surface area contributed by atoms with Gasteiger partial charge in [0.05, 0.1) is 24.2 Å². The number of piperidine rings is 1. The molecule has 1 aliphatic heterocycles. The monoisotopic (exact) mass is 428 g/mol. The number of carbonyl (C=O) groups is 2. The number of pyridine rings is 1. The second-order valence-electron chi connectivity index (χ2n) is 7.30. The molecule has 0 unspecified atom stereocenters. The number of nitrogens with zero attached hydrogens (tertiary/aromatic N) is 2. The molecule has 2 heterocycles. The number of carbonyl (C=O) groups excluding carboxylic acids is 2. The molecule has 1 amide bonds. The Balaban J connectivity index is 1.76. The molecule has 1 saturated heterocycles. The molecule has 1 aromatic carbocycles. The Kier molecular flexibility index (Phi) is 7.74. The van der Waals surface area contributed by atoms with Crippen LogP contribution in [0.5, 0.6) is 5.75 Å². The van der Waals surface area contributed by atoms with E-state index in [1.54, 1.807) is 30.2 Å². The van der Waals surface area contributed by atoms with Crippen molar-refractivity contribution in [1.29, 1.82) is 0 Å². The third kappa shape index (κ3) is 5.14. The summed E-state index contributed by atoms with van der Waals surface area (Å²) in [6.07, 6.45) is 5.50. The van der Waals surface area contributed by atoms with Crippen molar-refractivity contribution in [2.45, 2.75) is 31.2 Å². The molecule has 1 aromatic heterocycles. The van der Waals surface area contributed by atoms with Crippen LogP contribution in [0.25, 0.3) is 0 Å². The highest BCUT2D eigenvalue weighted by Gasteiger charge is 2.45. The molecule has 2 aromatic rings. The van der Waals surface area contributed by atoms with E-state index in [9.17, 15) is 9.59 Å². The van der Waals surface area contributed by atoms with Crippen LogP contribution in [-0.4, -0.2) is 54.3 Å². The number of benzene rings is 1. The summed E-state index contributed by atoms with van der Waals surface area (Å²) in [5.41, 5.74) is -0.189. The smallest absolute Gasteiger partial charge is 0.314 e. The average molecular weight is 429 g/mol. The van der Waals surface area contributed by atoms with E-state index in [1.165, 1.54) is 11.8 Å². The highest BCUT2D eigenvalue weighted by atomic mass is 32.2. The van der Waals surface area contributed by atoms with Gasteiger partial charge in [0, 0.05) is 19.3 Å². The number of rotatable bonds is 8. The maximum atomic E-state index is 13.2. The van der Waals surface area contributed by atoms with Crippen molar-refractivity contribution in [1.82, 2.24) is 9.88 Å². The number of likely N-dealkylation sites (tertiary alicyclic amines) is 1. The molecular weight excluding hydrogens is 400 g/mol. The molecule has 0 radical (unpaired) electrons. The first-order valence-corrected chi connectivity index (χ1v) is 11.5. The molecule has 1 fully saturated rings. The van der Waals surface area contributed by atoms with Crippen LogP contribution in [0.2, 0.25) is 0 Å². The van der Waals surface area contributed by atoms with Crippen LogP contribution in [0, 0.1) is 5.41 Å². The van der Waals surface area contributed by atoms with Crippen LogP contribution in [-0.2, 0) is 9.53 Å². The summed E-state index contributed by atoms with van der Waals surface area (Å²) in [5, 5.41) is 0.696. The number of esters is 1. The van der Waals surface area contributed by atoms with E-state index >= 15 is 0 Å². The molecule has 0 bridgehead atoms. The van der Waals surface area contributed by atoms with Gasteiger partial charge in [-0.25, -0.2) is 4.98 Å². The second-order valence-corrected chi connectivity index (χ2v) is 8.10. The number of hydrogen-bond donors (Lipinski definition) is 0. The first kappa shape index (κ1) is 22.2. The van der Waals surface area contributed by atoms with E-state index in [0.29, 0.717) is 49.7 Å². The Morgan fingerprint density at radius 2 is 2.00 bits per heavy atom. The first-order valence-electron chi connectivity index (χ1n) is 10.2. The minimum Gasteiger partial charge on any atom is -0.494 e. The lowest BCUT2D eigenvalue weighted by Crippen LogP contribution is -2.51. The SMILES string of the molecule is CCOC(=O)[C@@]1(CCOc2ccccc2)CCCN(C(=O)c2cccnc2SC)C1. The highest BCUT2D eigenvalue weighted by molar-refractivity contribution is 7.98. The van der Waals surface area contributed by atoms with Gasteiger partial charge in [-0.3, -0.25) is 9.59 Å². The van der Waals surface area contributed by atoms with Crippen LogP contribution in [0.4, 0.5) is 0 Å². The molecule has 30 heavy (non-hydrogen) atoms. The van der Waals surface area contributed by atoms with E-state index in [1.807, 2.05) is 36.6 Å². The van der Waals surface area contributed by atoms with Gasteiger partial charge in [0.2, 0.25) is 0 Å². The standard InChI is InChI=1S/C23H28N2O4S/c1-3-28-22(27)23(13-16-29-18-9-5-4-6-10-18)12-8-15-25(17-23)21(26)19-11-7-14-24-20(19)30-2/h4-7,9-11,14H,3,8,12-13,15-17H2,1-2H3/t23-/m1/s1. The Bertz CT molecular complexity index is 861. The number of hydrogen-bond acceptors (Lipinski definition) is 6. The molecular formula is C23H28N2O4S. The fourth-order valence-electron chi connectivity index (χ4n) is 3.83. The fraction of sp³-hybridized carbons (Fsp3) is 0.435. The summed E-state index contributed by atoms with van der Waals surface area (Å²) >= 11 is 1.44. The summed E-state index contributed by atoms with van der Waals surface area (Å²) in [5.74, 6) is 0.417. The highest BCUT2D eigenvalue weighted by Crippen LogP contribution is 2.36. The van der Waals surface area contributed by atoms with Gasteiger partial charge in [0.25, 0.3) is 5.91 Å². The van der Waals surface area contributed by atoms with Crippen molar-refractivity contribution < 1.29 is 19.1 Å². The van der Waals surface area contributed by atoms with E-state index in [2.05, 4.69) is 4.98 Å². The van der Waals surface area contributed by atoms with Gasteiger partial charge in [-0.15, -0.1) is 11.8 Å². The average Bonchev–Trinajstić information content (AvgIpc) is 2.79. The summed E-state index contributed by atoms with van der Waals surface area (Å²) in [7, 11) is 0. The summed E-state index contributed by atoms with van der Waals surface area (Å²) in [6.45, 7) is 3.44. The Labute approximate surface area is 182 Å². The van der Waals surface area contributed by atoms with E-state index in [0.717, 1.165) is 12.2 Å². The molecule has 0 spiro atoms. The van der Waals surface area contributed by atoms with Crippen LogP contribution in [0.15, 0.2) is 53.7 Å². The number of aromatic nitrogens is 1. The predicted octanol–water partition coefficient (Wildman–Crippen LogP) is 4.06. The first-order chi connectivity index (χ1) is 14.6. The molecule has 0 aliphatic carbocycles. The normalized spacial score (nSPS) is 18.7. The zero-order valence-corrected chi connectivity index (χ0v) is 18.3. The minimum atomic E-state index is -0.763. The van der Waals surface area contributed by atoms with E-state index in [4.69, 9.17) is 9.47 Å². The summed E-state index contributed by atoms with van der Waals surface area (Å²) < 4.78 is 11.3. The van der Waals surface area contributed by atoms with Crippen molar-refractivity contribution in [2.75, 3.05) is 32.6 Å². The van der Waals surface area contributed by atoms with Crippen LogP contribution >= 0.6 is 11.8 Å². The van der Waals surface area contributed by atoms with Gasteiger partial charge in [-0.2, -0.15) is 0 Å². The van der Waals surface area contributed by atoms with Crippen molar-refractivity contribution in [3.05, 3.63) is 54.2 Å². The zero-order chi connectivity index (χ0) is 21.4. The molecule has 1 aliphatic rings. The van der Waals surface area contributed by atoms with Gasteiger partial charge in [-0.05, 0) is 56.7 Å². The fourth-order valence-corrected chi connectivity index (χ4v) is 4.37. The predicted molar refractivity (Wildman–Crippen MR) is 117 cm³/mol. The van der Waals surface area contributed by atoms with Crippen molar-refractivity contribution >= 4 is 23.6 Å². The number of ether oxygens (including phenoxy) is 2. The van der Waals surface area contributed by atoms with Gasteiger partial charge >= 0.3 is 5.97 Å². The molecule has 160 valence electrons. The van der Waals surface area contributed by atoms with Gasteiger partial charge in [-0.1, -0.05) is 18.2 Å². The Hall–Kier alpha value is -2.54. The zero-order valence-electron chi connectivity index (χ0n) is 17.5. The van der Waals surface area contributed by atoms with E-state index < -0.39 is 5.41 Å². The van der Waals surface area contributed by atoms with Gasteiger partial charge in [0.15, 0.2) is 0 Å². The number of amides is 1. The van der Waals surface area contributed by atoms with Crippen LogP contribution in [0.3, 0.4) is 0 Å². The minimum absolute atomic E-state index is 0.0928. The molecule has 0 saturated carbocycles. The number of para-hydroxylation sites is 1. The maximum absolute atomic E-state index is 13.2. The lowest BCUT2D eigenvalue weighted by atomic mass is 9.77. The maximum Gasteiger partial charge on any atom is 0.314 e. The van der Waals surface area contributed by atoms with Gasteiger partial charge < -0.3 is 14.4 Å². The largest absolute Gasteiger partial charge is 0.494 e.